The normalized spacial score (nSPS) is 23.2. The van der Waals surface area contributed by atoms with Crippen LogP contribution in [0.2, 0.25) is 0 Å². The molecule has 1 fully saturated rings. The average molecular weight is 344 g/mol. The van der Waals surface area contributed by atoms with Gasteiger partial charge in [-0.25, -0.2) is 0 Å². The molecule has 0 bridgehead atoms. The van der Waals surface area contributed by atoms with E-state index < -0.39 is 23.5 Å². The molecule has 2 N–H and O–H groups in total. The number of benzene rings is 1. The second-order valence-electron chi connectivity index (χ2n) is 6.29. The zero-order valence-electron chi connectivity index (χ0n) is 13.6. The number of hydrogen-bond donors (Lipinski definition) is 2. The first-order valence-electron chi connectivity index (χ1n) is 8.07. The average Bonchev–Trinajstić information content (AvgIpc) is 2.98. The summed E-state index contributed by atoms with van der Waals surface area (Å²) in [7, 11) is 0. The molecule has 0 spiro atoms. The maximum Gasteiger partial charge on any atom is 0.404 e. The zero-order chi connectivity index (χ0) is 17.8. The van der Waals surface area contributed by atoms with Gasteiger partial charge in [-0.05, 0) is 24.9 Å². The van der Waals surface area contributed by atoms with Crippen molar-refractivity contribution in [3.63, 3.8) is 0 Å². The van der Waals surface area contributed by atoms with Crippen molar-refractivity contribution in [2.75, 3.05) is 19.7 Å². The van der Waals surface area contributed by atoms with Gasteiger partial charge in [0.1, 0.15) is 0 Å². The summed E-state index contributed by atoms with van der Waals surface area (Å²) < 4.78 is 41.1. The fourth-order valence-electron chi connectivity index (χ4n) is 3.01. The molecule has 1 aromatic carbocycles. The number of carbonyl (C=O) groups excluding carboxylic acids is 1. The second-order valence-corrected chi connectivity index (χ2v) is 6.29. The number of likely N-dealkylation sites (tertiary alicyclic amines) is 1. The van der Waals surface area contributed by atoms with Crippen molar-refractivity contribution >= 4 is 5.91 Å². The Morgan fingerprint density at radius 2 is 2.04 bits per heavy atom. The highest BCUT2D eigenvalue weighted by Crippen LogP contribution is 2.46. The van der Waals surface area contributed by atoms with Gasteiger partial charge in [-0.2, -0.15) is 13.2 Å². The standard InChI is InChI=1S/C17H23F3N2O2/c1-2-14(11-23)21-15(24)16(17(18,19)20)8-9-22(12-16)10-13-6-4-3-5-7-13/h3-7,14,23H,2,8-12H2,1H3,(H,21,24). The SMILES string of the molecule is CCC(CO)NC(=O)C1(C(F)(F)F)CCN(Cc2ccccc2)C1. The van der Waals surface area contributed by atoms with E-state index in [4.69, 9.17) is 5.11 Å². The maximum absolute atomic E-state index is 13.7. The van der Waals surface area contributed by atoms with Crippen LogP contribution >= 0.6 is 0 Å². The maximum atomic E-state index is 13.7. The van der Waals surface area contributed by atoms with Crippen molar-refractivity contribution in [3.05, 3.63) is 35.9 Å². The lowest BCUT2D eigenvalue weighted by Crippen LogP contribution is -2.55. The Bertz CT molecular complexity index is 547. The number of carbonyl (C=O) groups is 1. The summed E-state index contributed by atoms with van der Waals surface area (Å²) in [5.41, 5.74) is -1.50. The monoisotopic (exact) mass is 344 g/mol. The van der Waals surface area contributed by atoms with E-state index in [-0.39, 0.29) is 26.1 Å². The smallest absolute Gasteiger partial charge is 0.394 e. The molecule has 134 valence electrons. The van der Waals surface area contributed by atoms with Crippen LogP contribution < -0.4 is 5.32 Å². The molecule has 7 heteroatoms. The minimum absolute atomic E-state index is 0.206. The van der Waals surface area contributed by atoms with Gasteiger partial charge in [0, 0.05) is 13.1 Å². The molecule has 1 saturated heterocycles. The van der Waals surface area contributed by atoms with Crippen LogP contribution in [0.25, 0.3) is 0 Å². The van der Waals surface area contributed by atoms with E-state index in [9.17, 15) is 18.0 Å². The minimum Gasteiger partial charge on any atom is -0.394 e. The first-order valence-corrected chi connectivity index (χ1v) is 8.07. The van der Waals surface area contributed by atoms with Crippen LogP contribution in [0, 0.1) is 5.41 Å². The molecule has 1 aliphatic rings. The van der Waals surface area contributed by atoms with Crippen molar-refractivity contribution in [1.29, 1.82) is 0 Å². The van der Waals surface area contributed by atoms with Gasteiger partial charge in [0.15, 0.2) is 5.41 Å². The van der Waals surface area contributed by atoms with Crippen LogP contribution in [-0.4, -0.2) is 47.8 Å². The van der Waals surface area contributed by atoms with Gasteiger partial charge in [0.25, 0.3) is 0 Å². The molecule has 1 amide bonds. The Balaban J connectivity index is 2.14. The Labute approximate surface area is 139 Å². The third kappa shape index (κ3) is 3.89. The molecule has 0 radical (unpaired) electrons. The molecule has 0 aliphatic carbocycles. The van der Waals surface area contributed by atoms with Crippen molar-refractivity contribution < 1.29 is 23.1 Å². The fourth-order valence-corrected chi connectivity index (χ4v) is 3.01. The number of hydrogen-bond acceptors (Lipinski definition) is 3. The number of rotatable bonds is 6. The zero-order valence-corrected chi connectivity index (χ0v) is 13.6. The lowest BCUT2D eigenvalue weighted by molar-refractivity contribution is -0.218. The number of halogens is 3. The van der Waals surface area contributed by atoms with Crippen LogP contribution in [0.4, 0.5) is 13.2 Å². The predicted molar refractivity (Wildman–Crippen MR) is 84.1 cm³/mol. The first-order chi connectivity index (χ1) is 11.3. The van der Waals surface area contributed by atoms with Crippen LogP contribution in [0.1, 0.15) is 25.3 Å². The van der Waals surface area contributed by atoms with Gasteiger partial charge >= 0.3 is 6.18 Å². The van der Waals surface area contributed by atoms with Crippen LogP contribution in [-0.2, 0) is 11.3 Å². The summed E-state index contributed by atoms with van der Waals surface area (Å²) in [6.07, 6.45) is -4.52. The second kappa shape index (κ2) is 7.53. The molecule has 0 saturated carbocycles. The van der Waals surface area contributed by atoms with Gasteiger partial charge in [-0.15, -0.1) is 0 Å². The summed E-state index contributed by atoms with van der Waals surface area (Å²) in [5, 5.41) is 11.5. The fraction of sp³-hybridized carbons (Fsp3) is 0.588. The number of alkyl halides is 3. The highest BCUT2D eigenvalue weighted by molar-refractivity contribution is 5.84. The van der Waals surface area contributed by atoms with E-state index in [2.05, 4.69) is 5.32 Å². The number of amides is 1. The van der Waals surface area contributed by atoms with E-state index in [0.29, 0.717) is 13.0 Å². The van der Waals surface area contributed by atoms with Gasteiger partial charge < -0.3 is 10.4 Å². The molecule has 2 unspecified atom stereocenters. The van der Waals surface area contributed by atoms with Crippen LogP contribution in [0.5, 0.6) is 0 Å². The summed E-state index contributed by atoms with van der Waals surface area (Å²) in [6.45, 7) is 1.56. The number of aliphatic hydroxyl groups is 1. The van der Waals surface area contributed by atoms with E-state index in [1.807, 2.05) is 30.3 Å². The van der Waals surface area contributed by atoms with Gasteiger partial charge in [-0.3, -0.25) is 9.69 Å². The molecule has 4 nitrogen and oxygen atoms in total. The third-order valence-corrected chi connectivity index (χ3v) is 4.62. The Morgan fingerprint density at radius 3 is 2.58 bits per heavy atom. The quantitative estimate of drug-likeness (QED) is 0.833. The molecule has 2 atom stereocenters. The van der Waals surface area contributed by atoms with Crippen molar-refractivity contribution in [1.82, 2.24) is 10.2 Å². The Kier molecular flexibility index (Phi) is 5.87. The minimum atomic E-state index is -4.63. The molecule has 24 heavy (non-hydrogen) atoms. The van der Waals surface area contributed by atoms with E-state index in [0.717, 1.165) is 5.56 Å². The molecule has 1 aliphatic heterocycles. The summed E-state index contributed by atoms with van der Waals surface area (Å²) >= 11 is 0. The van der Waals surface area contributed by atoms with E-state index >= 15 is 0 Å². The predicted octanol–water partition coefficient (Wildman–Crippen LogP) is 2.33. The molecule has 1 heterocycles. The molecular formula is C17H23F3N2O2. The molecular weight excluding hydrogens is 321 g/mol. The molecule has 0 aromatic heterocycles. The van der Waals surface area contributed by atoms with Gasteiger partial charge in [0.05, 0.1) is 12.6 Å². The summed E-state index contributed by atoms with van der Waals surface area (Å²) in [6, 6.07) is 8.57. The van der Waals surface area contributed by atoms with Crippen molar-refractivity contribution in [3.8, 4) is 0 Å². The van der Waals surface area contributed by atoms with Crippen molar-refractivity contribution in [2.24, 2.45) is 5.41 Å². The number of nitrogens with one attached hydrogen (secondary N) is 1. The van der Waals surface area contributed by atoms with E-state index in [1.165, 1.54) is 0 Å². The van der Waals surface area contributed by atoms with Gasteiger partial charge in [-0.1, -0.05) is 37.3 Å². The Morgan fingerprint density at radius 1 is 1.38 bits per heavy atom. The van der Waals surface area contributed by atoms with Crippen LogP contribution in [0.15, 0.2) is 30.3 Å². The van der Waals surface area contributed by atoms with Gasteiger partial charge in [0.2, 0.25) is 5.91 Å². The number of nitrogens with zero attached hydrogens (tertiary/aromatic N) is 1. The lowest BCUT2D eigenvalue weighted by atomic mass is 9.84. The van der Waals surface area contributed by atoms with Crippen molar-refractivity contribution in [2.45, 2.75) is 38.5 Å². The third-order valence-electron chi connectivity index (χ3n) is 4.62. The summed E-state index contributed by atoms with van der Waals surface area (Å²) in [5.74, 6) is -1.04. The highest BCUT2D eigenvalue weighted by Gasteiger charge is 2.63. The Hall–Kier alpha value is -1.60. The topological polar surface area (TPSA) is 52.6 Å². The largest absolute Gasteiger partial charge is 0.404 e. The van der Waals surface area contributed by atoms with E-state index in [1.54, 1.807) is 11.8 Å². The lowest BCUT2D eigenvalue weighted by Gasteiger charge is -2.32. The first kappa shape index (κ1) is 18.7. The molecule has 1 aromatic rings. The number of aliphatic hydroxyl groups excluding tert-OH is 1. The highest BCUT2D eigenvalue weighted by atomic mass is 19.4. The summed E-state index contributed by atoms with van der Waals surface area (Å²) in [4.78, 5) is 14.0. The van der Waals surface area contributed by atoms with Crippen LogP contribution in [0.3, 0.4) is 0 Å². The molecule has 2 rings (SSSR count).